The smallest absolute Gasteiger partial charge is 0.319 e. The molecule has 4 aliphatic heterocycles. The quantitative estimate of drug-likeness (QED) is 0.187. The molecule has 1 amide bonds. The Morgan fingerprint density at radius 2 is 1.88 bits per heavy atom. The highest BCUT2D eigenvalue weighted by atomic mass is 32.1. The maximum atomic E-state index is 13.4. The van der Waals surface area contributed by atoms with Crippen LogP contribution in [0.1, 0.15) is 55.3 Å². The van der Waals surface area contributed by atoms with Crippen LogP contribution in [0.15, 0.2) is 36.4 Å². The second kappa shape index (κ2) is 15.8. The largest absolute Gasteiger partial charge is 0.458 e. The summed E-state index contributed by atoms with van der Waals surface area (Å²) in [7, 11) is 2.11. The van der Waals surface area contributed by atoms with Gasteiger partial charge in [0.25, 0.3) is 0 Å². The molecule has 2 atom stereocenters. The van der Waals surface area contributed by atoms with Gasteiger partial charge in [0.15, 0.2) is 0 Å². The fraction of sp³-hybridized carbons (Fsp3) is 0.564. The third kappa shape index (κ3) is 7.81. The van der Waals surface area contributed by atoms with E-state index in [0.29, 0.717) is 51.7 Å². The molecule has 0 N–H and O–H groups in total. The fourth-order valence-corrected chi connectivity index (χ4v) is 8.70. The first-order valence-electron chi connectivity index (χ1n) is 18.6. The van der Waals surface area contributed by atoms with Crippen molar-refractivity contribution in [3.05, 3.63) is 53.2 Å². The van der Waals surface area contributed by atoms with Gasteiger partial charge in [0.1, 0.15) is 18.6 Å². The van der Waals surface area contributed by atoms with Gasteiger partial charge in [0, 0.05) is 73.2 Å². The first-order valence-corrected chi connectivity index (χ1v) is 19.0. The van der Waals surface area contributed by atoms with Crippen molar-refractivity contribution < 1.29 is 13.9 Å². The predicted octanol–water partition coefficient (Wildman–Crippen LogP) is 5.10. The maximum Gasteiger partial charge on any atom is 0.319 e. The van der Waals surface area contributed by atoms with Crippen LogP contribution in [0.3, 0.4) is 0 Å². The zero-order chi connectivity index (χ0) is 35.5. The number of alkyl halides is 1. The number of amides is 1. The van der Waals surface area contributed by atoms with Crippen LogP contribution in [-0.2, 0) is 17.8 Å². The number of carbonyl (C=O) groups is 1. The minimum Gasteiger partial charge on any atom is -0.458 e. The molecule has 0 radical (unpaired) electrons. The van der Waals surface area contributed by atoms with Gasteiger partial charge in [-0.25, -0.2) is 4.39 Å². The van der Waals surface area contributed by atoms with Crippen molar-refractivity contribution in [2.75, 3.05) is 75.8 Å². The van der Waals surface area contributed by atoms with Gasteiger partial charge in [-0.15, -0.1) is 0 Å². The van der Waals surface area contributed by atoms with Crippen molar-refractivity contribution in [2.45, 2.75) is 76.7 Å². The Kier molecular flexibility index (Phi) is 11.0. The highest BCUT2D eigenvalue weighted by Gasteiger charge is 2.34. The number of anilines is 2. The number of thiocarbonyl (C=S) groups is 1. The van der Waals surface area contributed by atoms with E-state index in [9.17, 15) is 14.4 Å². The lowest BCUT2D eigenvalue weighted by Crippen LogP contribution is -2.55. The van der Waals surface area contributed by atoms with E-state index < -0.39 is 6.17 Å². The summed E-state index contributed by atoms with van der Waals surface area (Å²) in [6, 6.07) is 15.6. The molecule has 0 saturated carbocycles. The molecule has 5 heterocycles. The number of benzene rings is 2. The molecule has 2 aromatic carbocycles. The van der Waals surface area contributed by atoms with Crippen LogP contribution in [0.25, 0.3) is 10.8 Å². The molecule has 4 aliphatic rings. The summed E-state index contributed by atoms with van der Waals surface area (Å²) in [4.78, 5) is 35.3. The number of nitrogens with zero attached hydrogens (tertiary/aromatic N) is 8. The molecule has 0 unspecified atom stereocenters. The molecule has 270 valence electrons. The Morgan fingerprint density at radius 3 is 2.65 bits per heavy atom. The van der Waals surface area contributed by atoms with E-state index in [1.54, 1.807) is 0 Å². The Balaban J connectivity index is 1.11. The number of likely N-dealkylation sites (tertiary alicyclic amines) is 2. The average molecular weight is 713 g/mol. The van der Waals surface area contributed by atoms with Gasteiger partial charge < -0.3 is 19.4 Å². The highest BCUT2D eigenvalue weighted by molar-refractivity contribution is 7.80. The topological polar surface area (TPSA) is 92.1 Å². The summed E-state index contributed by atoms with van der Waals surface area (Å²) < 4.78 is 19.5. The lowest BCUT2D eigenvalue weighted by Gasteiger charge is -2.42. The summed E-state index contributed by atoms with van der Waals surface area (Å²) >= 11 is 5.83. The van der Waals surface area contributed by atoms with E-state index in [2.05, 4.69) is 76.0 Å². The predicted molar refractivity (Wildman–Crippen MR) is 202 cm³/mol. The molecule has 0 spiro atoms. The van der Waals surface area contributed by atoms with Crippen LogP contribution in [0.4, 0.5) is 15.9 Å². The number of ether oxygens (including phenoxy) is 1. The number of unbranched alkanes of at least 4 members (excludes halogenated alkanes) is 1. The zero-order valence-corrected chi connectivity index (χ0v) is 30.7. The number of fused-ring (bicyclic) bond motifs is 2. The highest BCUT2D eigenvalue weighted by Crippen LogP contribution is 2.36. The summed E-state index contributed by atoms with van der Waals surface area (Å²) in [5.74, 6) is 0.922. The molecule has 3 fully saturated rings. The number of hydrogen-bond donors (Lipinski definition) is 0. The van der Waals surface area contributed by atoms with Gasteiger partial charge >= 0.3 is 6.01 Å². The van der Waals surface area contributed by atoms with E-state index in [1.807, 2.05) is 4.90 Å². The molecule has 0 aliphatic carbocycles. The number of carbonyl (C=O) groups excluding carboxylic acids is 1. The summed E-state index contributed by atoms with van der Waals surface area (Å²) in [6.07, 6.45) is 4.54. The van der Waals surface area contributed by atoms with Gasteiger partial charge in [-0.2, -0.15) is 15.2 Å². The third-order valence-electron chi connectivity index (χ3n) is 11.1. The minimum atomic E-state index is -0.707. The molecule has 10 nitrogen and oxygen atoms in total. The fourth-order valence-electron chi connectivity index (χ4n) is 8.34. The van der Waals surface area contributed by atoms with Crippen molar-refractivity contribution >= 4 is 45.3 Å². The molecular weight excluding hydrogens is 664 g/mol. The molecule has 12 heteroatoms. The number of nitriles is 1. The molecule has 3 saturated heterocycles. The van der Waals surface area contributed by atoms with Crippen molar-refractivity contribution in [1.82, 2.24) is 24.7 Å². The van der Waals surface area contributed by atoms with Gasteiger partial charge in [0.2, 0.25) is 5.91 Å². The van der Waals surface area contributed by atoms with Crippen molar-refractivity contribution in [2.24, 2.45) is 0 Å². The lowest BCUT2D eigenvalue weighted by molar-refractivity contribution is -0.134. The number of hydrogen-bond acceptors (Lipinski definition) is 10. The van der Waals surface area contributed by atoms with Crippen LogP contribution in [-0.4, -0.2) is 120 Å². The third-order valence-corrected chi connectivity index (χ3v) is 11.5. The van der Waals surface area contributed by atoms with Gasteiger partial charge in [-0.05, 0) is 76.2 Å². The van der Waals surface area contributed by atoms with Crippen LogP contribution >= 0.6 is 12.2 Å². The molecule has 3 aromatic rings. The number of aromatic nitrogens is 2. The van der Waals surface area contributed by atoms with Crippen LogP contribution in [0, 0.1) is 18.3 Å². The molecule has 7 rings (SSSR count). The van der Waals surface area contributed by atoms with Crippen LogP contribution in [0.2, 0.25) is 0 Å². The Morgan fingerprint density at radius 1 is 1.06 bits per heavy atom. The number of aryl methyl sites for hydroxylation is 1. The number of piperazine rings is 1. The average Bonchev–Trinajstić information content (AvgIpc) is 3.56. The Bertz CT molecular complexity index is 1790. The summed E-state index contributed by atoms with van der Waals surface area (Å²) in [5, 5.41) is 12.3. The SMILES string of the molecule is Cc1cccc2cccc(N3CCc4c(nc(OCC(=S)[C@@H]5CCCN5C)nc4N4CCN(C(=O)CCCCN5CC(F)C5)[C@@H](CC#N)C4)C3)c12. The minimum absolute atomic E-state index is 0.0852. The van der Waals surface area contributed by atoms with E-state index in [0.717, 1.165) is 73.7 Å². The van der Waals surface area contributed by atoms with Gasteiger partial charge in [0.05, 0.1) is 30.8 Å². The second-order valence-corrected chi connectivity index (χ2v) is 15.2. The molecule has 51 heavy (non-hydrogen) atoms. The van der Waals surface area contributed by atoms with E-state index in [4.69, 9.17) is 26.9 Å². The van der Waals surface area contributed by atoms with Crippen LogP contribution in [0.5, 0.6) is 6.01 Å². The van der Waals surface area contributed by atoms with Crippen LogP contribution < -0.4 is 14.5 Å². The second-order valence-electron chi connectivity index (χ2n) is 14.6. The first kappa shape index (κ1) is 35.5. The maximum absolute atomic E-state index is 13.4. The zero-order valence-electron chi connectivity index (χ0n) is 29.9. The standard InChI is InChI=1S/C39H49FN8O2S/c1-27-8-5-9-28-10-6-11-34(37(27)28)46-19-15-31-32(25-46)42-39(50-26-35(51)33-12-7-17-44(33)2)43-38(31)47-20-21-48(30(24-47)14-16-41)36(49)13-3-4-18-45-22-29(40)23-45/h5-6,8-11,29-30,33H,3-4,7,12-15,17-26H2,1-2H3/t30-,33-/m0/s1. The lowest BCUT2D eigenvalue weighted by atomic mass is 9.99. The van der Waals surface area contributed by atoms with Crippen molar-refractivity contribution in [1.29, 1.82) is 5.26 Å². The molecule has 1 aromatic heterocycles. The van der Waals surface area contributed by atoms with E-state index >= 15 is 0 Å². The summed E-state index contributed by atoms with van der Waals surface area (Å²) in [6.45, 7) is 8.40. The Hall–Kier alpha value is -3.92. The van der Waals surface area contributed by atoms with Gasteiger partial charge in [-0.3, -0.25) is 14.6 Å². The molecular formula is C39H49FN8O2S. The van der Waals surface area contributed by atoms with Gasteiger partial charge in [-0.1, -0.05) is 42.5 Å². The first-order chi connectivity index (χ1) is 24.8. The monoisotopic (exact) mass is 712 g/mol. The Labute approximate surface area is 306 Å². The summed E-state index contributed by atoms with van der Waals surface area (Å²) in [5.41, 5.74) is 4.48. The molecule has 0 bridgehead atoms. The number of halogens is 1. The van der Waals surface area contributed by atoms with Crippen molar-refractivity contribution in [3.63, 3.8) is 0 Å². The number of rotatable bonds is 12. The van der Waals surface area contributed by atoms with E-state index in [-0.39, 0.29) is 31.0 Å². The van der Waals surface area contributed by atoms with E-state index in [1.165, 1.54) is 22.0 Å². The van der Waals surface area contributed by atoms with Crippen molar-refractivity contribution in [3.8, 4) is 12.1 Å². The normalized spacial score (nSPS) is 21.4.